The van der Waals surface area contributed by atoms with Crippen molar-refractivity contribution in [3.8, 4) is 0 Å². The minimum absolute atomic E-state index is 0.148. The molecule has 148 valence electrons. The topological polar surface area (TPSA) is 91.6 Å². The molecule has 1 aromatic heterocycles. The van der Waals surface area contributed by atoms with Crippen LogP contribution in [-0.4, -0.2) is 46.6 Å². The van der Waals surface area contributed by atoms with Crippen LogP contribution < -0.4 is 10.2 Å². The van der Waals surface area contributed by atoms with Gasteiger partial charge >= 0.3 is 6.03 Å². The zero-order valence-corrected chi connectivity index (χ0v) is 16.2. The van der Waals surface area contributed by atoms with Gasteiger partial charge in [-0.25, -0.2) is 4.79 Å². The van der Waals surface area contributed by atoms with Gasteiger partial charge in [0.1, 0.15) is 0 Å². The van der Waals surface area contributed by atoms with E-state index in [1.165, 1.54) is 0 Å². The van der Waals surface area contributed by atoms with E-state index in [2.05, 4.69) is 15.5 Å². The summed E-state index contributed by atoms with van der Waals surface area (Å²) in [7, 11) is 1.73. The van der Waals surface area contributed by atoms with Gasteiger partial charge < -0.3 is 19.6 Å². The minimum Gasteiger partial charge on any atom is -0.339 e. The Morgan fingerprint density at radius 1 is 1.29 bits per heavy atom. The first-order valence-corrected chi connectivity index (χ1v) is 9.78. The Bertz CT molecular complexity index is 859. The third kappa shape index (κ3) is 4.00. The molecule has 8 heteroatoms. The lowest BCUT2D eigenvalue weighted by molar-refractivity contribution is -0.117. The number of benzene rings is 1. The van der Waals surface area contributed by atoms with Crippen LogP contribution in [0.4, 0.5) is 16.2 Å². The fraction of sp³-hybridized carbons (Fsp3) is 0.500. The second kappa shape index (κ2) is 7.61. The highest BCUT2D eigenvalue weighted by atomic mass is 16.5. The van der Waals surface area contributed by atoms with Gasteiger partial charge in [-0.15, -0.1) is 0 Å². The molecule has 8 nitrogen and oxygen atoms in total. The molecule has 1 aliphatic heterocycles. The quantitative estimate of drug-likeness (QED) is 0.827. The highest BCUT2D eigenvalue weighted by molar-refractivity contribution is 5.96. The minimum atomic E-state index is -0.204. The Hall–Kier alpha value is -2.90. The number of rotatable bonds is 6. The van der Waals surface area contributed by atoms with Crippen LogP contribution in [-0.2, 0) is 11.2 Å². The zero-order chi connectivity index (χ0) is 19.7. The molecule has 1 saturated heterocycles. The molecule has 4 rings (SSSR count). The average Bonchev–Trinajstić information content (AvgIpc) is 3.34. The number of anilines is 2. The molecule has 1 atom stereocenters. The molecule has 2 aliphatic rings. The van der Waals surface area contributed by atoms with Gasteiger partial charge in [-0.2, -0.15) is 4.98 Å². The normalized spacial score (nSPS) is 19.1. The molecule has 1 aliphatic carbocycles. The summed E-state index contributed by atoms with van der Waals surface area (Å²) in [4.78, 5) is 32.2. The molecule has 0 bridgehead atoms. The Balaban J connectivity index is 1.29. The summed E-state index contributed by atoms with van der Waals surface area (Å²) in [6, 6.07) is 7.39. The number of nitrogens with one attached hydrogen (secondary N) is 1. The Morgan fingerprint density at radius 2 is 2.04 bits per heavy atom. The highest BCUT2D eigenvalue weighted by Gasteiger charge is 2.30. The predicted octanol–water partition coefficient (Wildman–Crippen LogP) is 3.17. The van der Waals surface area contributed by atoms with Crippen molar-refractivity contribution in [1.82, 2.24) is 15.0 Å². The van der Waals surface area contributed by atoms with Gasteiger partial charge in [-0.1, -0.05) is 5.16 Å². The zero-order valence-electron chi connectivity index (χ0n) is 16.2. The number of likely N-dealkylation sites (N-methyl/N-ethyl adjacent to an activating group) is 1. The Labute approximate surface area is 163 Å². The van der Waals surface area contributed by atoms with E-state index in [0.29, 0.717) is 42.7 Å². The lowest BCUT2D eigenvalue weighted by atomic mass is 10.2. The maximum Gasteiger partial charge on any atom is 0.321 e. The molecule has 0 radical (unpaired) electrons. The second-order valence-corrected chi connectivity index (χ2v) is 7.62. The summed E-state index contributed by atoms with van der Waals surface area (Å²) in [6.45, 7) is 2.54. The van der Waals surface area contributed by atoms with E-state index in [4.69, 9.17) is 4.52 Å². The lowest BCUT2D eigenvalue weighted by Crippen LogP contribution is -2.33. The SMILES string of the molecule is C[C@H]1CCC(=O)N1c1ccc(NC(=O)N(C)CCc2noc(C3CC3)n2)cc1. The highest BCUT2D eigenvalue weighted by Crippen LogP contribution is 2.38. The van der Waals surface area contributed by atoms with Crippen molar-refractivity contribution in [1.29, 1.82) is 0 Å². The van der Waals surface area contributed by atoms with Gasteiger partial charge in [-0.05, 0) is 50.5 Å². The van der Waals surface area contributed by atoms with Gasteiger partial charge in [0.15, 0.2) is 5.82 Å². The van der Waals surface area contributed by atoms with Crippen molar-refractivity contribution < 1.29 is 14.1 Å². The third-order valence-corrected chi connectivity index (χ3v) is 5.31. The van der Waals surface area contributed by atoms with Crippen LogP contribution >= 0.6 is 0 Å². The van der Waals surface area contributed by atoms with E-state index in [0.717, 1.165) is 24.9 Å². The summed E-state index contributed by atoms with van der Waals surface area (Å²) in [5, 5.41) is 6.85. The summed E-state index contributed by atoms with van der Waals surface area (Å²) >= 11 is 0. The van der Waals surface area contributed by atoms with Gasteiger partial charge in [0.05, 0.1) is 0 Å². The first kappa shape index (κ1) is 18.5. The van der Waals surface area contributed by atoms with E-state index in [1.807, 2.05) is 36.1 Å². The maximum atomic E-state index is 12.4. The number of carbonyl (C=O) groups excluding carboxylic acids is 2. The van der Waals surface area contributed by atoms with Crippen molar-refractivity contribution in [3.05, 3.63) is 36.0 Å². The van der Waals surface area contributed by atoms with E-state index in [9.17, 15) is 9.59 Å². The predicted molar refractivity (Wildman–Crippen MR) is 104 cm³/mol. The fourth-order valence-corrected chi connectivity index (χ4v) is 3.38. The van der Waals surface area contributed by atoms with E-state index < -0.39 is 0 Å². The number of aromatic nitrogens is 2. The van der Waals surface area contributed by atoms with E-state index in [-0.39, 0.29) is 18.0 Å². The van der Waals surface area contributed by atoms with Crippen LogP contribution in [0.1, 0.15) is 50.2 Å². The number of urea groups is 1. The van der Waals surface area contributed by atoms with Crippen LogP contribution in [0.15, 0.2) is 28.8 Å². The van der Waals surface area contributed by atoms with Crippen molar-refractivity contribution in [3.63, 3.8) is 0 Å². The first-order valence-electron chi connectivity index (χ1n) is 9.78. The monoisotopic (exact) mass is 383 g/mol. The summed E-state index contributed by atoms with van der Waals surface area (Å²) in [5.41, 5.74) is 1.56. The summed E-state index contributed by atoms with van der Waals surface area (Å²) in [6.07, 6.45) is 4.26. The molecule has 0 unspecified atom stereocenters. The molecule has 1 saturated carbocycles. The standard InChI is InChI=1S/C20H25N5O3/c1-13-3-10-18(26)25(13)16-8-6-15(7-9-16)21-20(27)24(2)12-11-17-22-19(28-23-17)14-4-5-14/h6-9,13-14H,3-5,10-12H2,1-2H3,(H,21,27)/t13-/m0/s1. The van der Waals surface area contributed by atoms with Crippen LogP contribution in [0.25, 0.3) is 0 Å². The second-order valence-electron chi connectivity index (χ2n) is 7.62. The lowest BCUT2D eigenvalue weighted by Gasteiger charge is -2.22. The largest absolute Gasteiger partial charge is 0.339 e. The van der Waals surface area contributed by atoms with Gasteiger partial charge in [0.2, 0.25) is 11.8 Å². The molecular formula is C20H25N5O3. The van der Waals surface area contributed by atoms with Crippen LogP contribution in [0, 0.1) is 0 Å². The number of hydrogen-bond donors (Lipinski definition) is 1. The molecule has 0 spiro atoms. The average molecular weight is 383 g/mol. The Kier molecular flexibility index (Phi) is 5.02. The molecule has 2 fully saturated rings. The summed E-state index contributed by atoms with van der Waals surface area (Å²) in [5.74, 6) is 1.93. The number of nitrogens with zero attached hydrogens (tertiary/aromatic N) is 4. The molecule has 1 N–H and O–H groups in total. The molecular weight excluding hydrogens is 358 g/mol. The number of amides is 3. The molecule has 2 aromatic rings. The van der Waals surface area contributed by atoms with E-state index in [1.54, 1.807) is 11.9 Å². The molecule has 1 aromatic carbocycles. The molecule has 2 heterocycles. The Morgan fingerprint density at radius 3 is 2.68 bits per heavy atom. The van der Waals surface area contributed by atoms with Crippen LogP contribution in [0.3, 0.4) is 0 Å². The van der Waals surface area contributed by atoms with E-state index >= 15 is 0 Å². The van der Waals surface area contributed by atoms with Crippen molar-refractivity contribution in [2.75, 3.05) is 23.8 Å². The van der Waals surface area contributed by atoms with Crippen LogP contribution in [0.2, 0.25) is 0 Å². The van der Waals surface area contributed by atoms with Crippen molar-refractivity contribution in [2.24, 2.45) is 0 Å². The number of hydrogen-bond acceptors (Lipinski definition) is 5. The third-order valence-electron chi connectivity index (χ3n) is 5.31. The maximum absolute atomic E-state index is 12.4. The van der Waals surface area contributed by atoms with Gasteiger partial charge in [-0.3, -0.25) is 4.79 Å². The smallest absolute Gasteiger partial charge is 0.321 e. The first-order chi connectivity index (χ1) is 13.5. The molecule has 3 amide bonds. The van der Waals surface area contributed by atoms with Crippen molar-refractivity contribution >= 4 is 23.3 Å². The van der Waals surface area contributed by atoms with Gasteiger partial charge in [0.25, 0.3) is 0 Å². The van der Waals surface area contributed by atoms with Gasteiger partial charge in [0, 0.05) is 49.8 Å². The summed E-state index contributed by atoms with van der Waals surface area (Å²) < 4.78 is 5.24. The van der Waals surface area contributed by atoms with Crippen LogP contribution in [0.5, 0.6) is 0 Å². The van der Waals surface area contributed by atoms with Crippen molar-refractivity contribution in [2.45, 2.75) is 51.0 Å². The molecule has 28 heavy (non-hydrogen) atoms. The number of carbonyl (C=O) groups is 2. The fourth-order valence-electron chi connectivity index (χ4n) is 3.38.